The Labute approximate surface area is 81.9 Å². The second-order valence-corrected chi connectivity index (χ2v) is 2.54. The lowest BCUT2D eigenvalue weighted by Gasteiger charge is -1.98. The minimum Gasteiger partial charge on any atom is -0.497 e. The van der Waals surface area contributed by atoms with Gasteiger partial charge >= 0.3 is 5.97 Å². The summed E-state index contributed by atoms with van der Waals surface area (Å²) in [6.07, 6.45) is 2.86. The highest BCUT2D eigenvalue weighted by atomic mass is 16.7. The number of benzene rings is 1. The lowest BCUT2D eigenvalue weighted by molar-refractivity contribution is -0.138. The number of rotatable bonds is 3. The molecule has 0 radical (unpaired) electrons. The predicted octanol–water partition coefficient (Wildman–Crippen LogP) is 1.13. The molecule has 0 aliphatic heterocycles. The molecule has 74 valence electrons. The highest BCUT2D eigenvalue weighted by Gasteiger charge is 1.93. The van der Waals surface area contributed by atoms with E-state index in [1.165, 1.54) is 6.08 Å². The van der Waals surface area contributed by atoms with Crippen LogP contribution in [-0.2, 0) is 9.63 Å². The fourth-order valence-corrected chi connectivity index (χ4v) is 0.919. The Balaban J connectivity index is 2.68. The molecule has 2 N–H and O–H groups in total. The standard InChI is InChI=1S/C10H11NO3/c1-13-9-5-2-8(3-6-9)4-7-10(12)14-11/h2-7H,11H2,1H3/b7-4+. The molecule has 0 fully saturated rings. The van der Waals surface area contributed by atoms with Crippen molar-refractivity contribution in [2.75, 3.05) is 7.11 Å². The van der Waals surface area contributed by atoms with Crippen LogP contribution < -0.4 is 10.6 Å². The minimum absolute atomic E-state index is 0.583. The summed E-state index contributed by atoms with van der Waals surface area (Å²) in [5.41, 5.74) is 0.871. The number of carbonyl (C=O) groups excluding carboxylic acids is 1. The maximum Gasteiger partial charge on any atom is 0.349 e. The van der Waals surface area contributed by atoms with Gasteiger partial charge in [0.15, 0.2) is 0 Å². The average Bonchev–Trinajstić information content (AvgIpc) is 2.26. The van der Waals surface area contributed by atoms with Crippen LogP contribution in [0.5, 0.6) is 5.75 Å². The first-order valence-corrected chi connectivity index (χ1v) is 3.99. The van der Waals surface area contributed by atoms with Gasteiger partial charge < -0.3 is 9.57 Å². The van der Waals surface area contributed by atoms with E-state index in [2.05, 4.69) is 10.7 Å². The number of ether oxygens (including phenoxy) is 1. The first-order chi connectivity index (χ1) is 6.76. The van der Waals surface area contributed by atoms with Crippen molar-refractivity contribution >= 4 is 12.0 Å². The molecule has 1 aromatic carbocycles. The van der Waals surface area contributed by atoms with Gasteiger partial charge in [0.05, 0.1) is 7.11 Å². The quantitative estimate of drug-likeness (QED) is 0.577. The molecule has 0 saturated heterocycles. The van der Waals surface area contributed by atoms with E-state index in [9.17, 15) is 4.79 Å². The summed E-state index contributed by atoms with van der Waals surface area (Å²) in [4.78, 5) is 14.6. The van der Waals surface area contributed by atoms with Crippen molar-refractivity contribution in [3.05, 3.63) is 35.9 Å². The van der Waals surface area contributed by atoms with Gasteiger partial charge in [-0.15, -0.1) is 0 Å². The highest BCUT2D eigenvalue weighted by Crippen LogP contribution is 2.12. The summed E-state index contributed by atoms with van der Waals surface area (Å²) < 4.78 is 4.98. The van der Waals surface area contributed by atoms with Crippen molar-refractivity contribution in [3.8, 4) is 5.75 Å². The highest BCUT2D eigenvalue weighted by molar-refractivity contribution is 5.86. The van der Waals surface area contributed by atoms with Crippen LogP contribution in [-0.4, -0.2) is 13.1 Å². The molecule has 1 rings (SSSR count). The molecular formula is C10H11NO3. The molecule has 0 spiro atoms. The second-order valence-electron chi connectivity index (χ2n) is 2.54. The topological polar surface area (TPSA) is 61.5 Å². The maximum atomic E-state index is 10.6. The van der Waals surface area contributed by atoms with Crippen LogP contribution in [0.1, 0.15) is 5.56 Å². The van der Waals surface area contributed by atoms with Gasteiger partial charge in [-0.3, -0.25) is 0 Å². The molecule has 0 bridgehead atoms. The zero-order chi connectivity index (χ0) is 10.4. The molecule has 0 saturated carbocycles. The predicted molar refractivity (Wildman–Crippen MR) is 52.3 cm³/mol. The van der Waals surface area contributed by atoms with Gasteiger partial charge in [0.25, 0.3) is 0 Å². The summed E-state index contributed by atoms with van der Waals surface area (Å²) in [7, 11) is 1.59. The van der Waals surface area contributed by atoms with Crippen LogP contribution in [0.25, 0.3) is 6.08 Å². The van der Waals surface area contributed by atoms with Gasteiger partial charge in [0.2, 0.25) is 0 Å². The number of nitrogens with two attached hydrogens (primary N) is 1. The zero-order valence-corrected chi connectivity index (χ0v) is 7.77. The first-order valence-electron chi connectivity index (χ1n) is 3.99. The van der Waals surface area contributed by atoms with Crippen LogP contribution in [0.2, 0.25) is 0 Å². The molecule has 0 atom stereocenters. The Morgan fingerprint density at radius 1 is 1.36 bits per heavy atom. The Morgan fingerprint density at radius 3 is 2.50 bits per heavy atom. The van der Waals surface area contributed by atoms with Gasteiger partial charge in [0.1, 0.15) is 5.75 Å². The fraction of sp³-hybridized carbons (Fsp3) is 0.100. The molecule has 4 nitrogen and oxygen atoms in total. The third-order valence-corrected chi connectivity index (χ3v) is 1.64. The van der Waals surface area contributed by atoms with E-state index in [0.717, 1.165) is 11.3 Å². The Bertz CT molecular complexity index is 330. The van der Waals surface area contributed by atoms with E-state index < -0.39 is 5.97 Å². The molecular weight excluding hydrogens is 182 g/mol. The Kier molecular flexibility index (Phi) is 3.69. The normalized spacial score (nSPS) is 10.1. The number of hydrogen-bond donors (Lipinski definition) is 1. The third kappa shape index (κ3) is 2.91. The third-order valence-electron chi connectivity index (χ3n) is 1.64. The smallest absolute Gasteiger partial charge is 0.349 e. The number of carbonyl (C=O) groups is 1. The van der Waals surface area contributed by atoms with Crippen LogP contribution >= 0.6 is 0 Å². The Hall–Kier alpha value is -1.81. The van der Waals surface area contributed by atoms with E-state index >= 15 is 0 Å². The van der Waals surface area contributed by atoms with Gasteiger partial charge in [-0.25, -0.2) is 4.79 Å². The van der Waals surface area contributed by atoms with Gasteiger partial charge in [0, 0.05) is 6.08 Å². The Morgan fingerprint density at radius 2 is 2.00 bits per heavy atom. The molecule has 4 heteroatoms. The van der Waals surface area contributed by atoms with Crippen LogP contribution in [0, 0.1) is 0 Å². The van der Waals surface area contributed by atoms with Crippen molar-refractivity contribution in [2.45, 2.75) is 0 Å². The lowest BCUT2D eigenvalue weighted by atomic mass is 10.2. The van der Waals surface area contributed by atoms with Crippen molar-refractivity contribution < 1.29 is 14.4 Å². The van der Waals surface area contributed by atoms with Crippen LogP contribution in [0.4, 0.5) is 0 Å². The van der Waals surface area contributed by atoms with E-state index in [4.69, 9.17) is 4.74 Å². The van der Waals surface area contributed by atoms with Crippen molar-refractivity contribution in [1.29, 1.82) is 0 Å². The average molecular weight is 193 g/mol. The van der Waals surface area contributed by atoms with E-state index in [1.807, 2.05) is 12.1 Å². The summed E-state index contributed by atoms with van der Waals surface area (Å²) in [6, 6.07) is 7.24. The second kappa shape index (κ2) is 5.04. The van der Waals surface area contributed by atoms with Crippen LogP contribution in [0.15, 0.2) is 30.3 Å². The van der Waals surface area contributed by atoms with Gasteiger partial charge in [-0.2, -0.15) is 5.90 Å². The number of methoxy groups -OCH3 is 1. The summed E-state index contributed by atoms with van der Waals surface area (Å²) >= 11 is 0. The van der Waals surface area contributed by atoms with Crippen LogP contribution in [0.3, 0.4) is 0 Å². The summed E-state index contributed by atoms with van der Waals surface area (Å²) in [6.45, 7) is 0. The number of hydrogen-bond acceptors (Lipinski definition) is 4. The molecule has 14 heavy (non-hydrogen) atoms. The van der Waals surface area contributed by atoms with E-state index in [-0.39, 0.29) is 0 Å². The molecule has 0 aliphatic carbocycles. The monoisotopic (exact) mass is 193 g/mol. The molecule has 1 aromatic rings. The van der Waals surface area contributed by atoms with E-state index in [1.54, 1.807) is 25.3 Å². The minimum atomic E-state index is -0.583. The van der Waals surface area contributed by atoms with Crippen molar-refractivity contribution in [1.82, 2.24) is 0 Å². The molecule has 0 unspecified atom stereocenters. The zero-order valence-electron chi connectivity index (χ0n) is 7.77. The molecule has 0 aliphatic rings. The van der Waals surface area contributed by atoms with Crippen molar-refractivity contribution in [2.24, 2.45) is 5.90 Å². The molecule has 0 heterocycles. The molecule has 0 amide bonds. The van der Waals surface area contributed by atoms with E-state index in [0.29, 0.717) is 0 Å². The van der Waals surface area contributed by atoms with Crippen molar-refractivity contribution in [3.63, 3.8) is 0 Å². The lowest BCUT2D eigenvalue weighted by Crippen LogP contribution is -2.05. The van der Waals surface area contributed by atoms with Gasteiger partial charge in [-0.05, 0) is 23.8 Å². The SMILES string of the molecule is COc1ccc(/C=C/C(=O)ON)cc1. The molecule has 0 aromatic heterocycles. The largest absolute Gasteiger partial charge is 0.497 e. The fourth-order valence-electron chi connectivity index (χ4n) is 0.919. The maximum absolute atomic E-state index is 10.6. The summed E-state index contributed by atoms with van der Waals surface area (Å²) in [5.74, 6) is 4.85. The summed E-state index contributed by atoms with van der Waals surface area (Å²) in [5, 5.41) is 0. The first kappa shape index (κ1) is 10.3. The van der Waals surface area contributed by atoms with Gasteiger partial charge in [-0.1, -0.05) is 12.1 Å².